The molecular weight excluding hydrogens is 342 g/mol. The quantitative estimate of drug-likeness (QED) is 0.711. The lowest BCUT2D eigenvalue weighted by molar-refractivity contribution is 0.355. The first-order valence-electron chi connectivity index (χ1n) is 8.27. The molecule has 1 aromatic heterocycles. The fourth-order valence-electron chi connectivity index (χ4n) is 2.76. The maximum absolute atomic E-state index is 6.05. The van der Waals surface area contributed by atoms with E-state index in [1.165, 1.54) is 0 Å². The second kappa shape index (κ2) is 7.78. The predicted octanol–water partition coefficient (Wildman–Crippen LogP) is 4.06. The fraction of sp³-hybridized carbons (Fsp3) is 0.143. The average Bonchev–Trinajstić information content (AvgIpc) is 2.72. The Bertz CT molecular complexity index is 969. The highest BCUT2D eigenvalue weighted by atomic mass is 16.5. The van der Waals surface area contributed by atoms with Crippen LogP contribution in [0.4, 0.5) is 5.82 Å². The lowest BCUT2D eigenvalue weighted by Crippen LogP contribution is -2.00. The Labute approximate surface area is 158 Å². The molecule has 0 aliphatic carbocycles. The smallest absolute Gasteiger partial charge is 0.162 e. The van der Waals surface area contributed by atoms with Crippen LogP contribution in [0.25, 0.3) is 28.7 Å². The van der Waals surface area contributed by atoms with Crippen molar-refractivity contribution in [2.45, 2.75) is 0 Å². The summed E-state index contributed by atoms with van der Waals surface area (Å²) >= 11 is 0. The molecule has 0 aliphatic heterocycles. The van der Waals surface area contributed by atoms with Crippen LogP contribution in [-0.2, 0) is 0 Å². The summed E-state index contributed by atoms with van der Waals surface area (Å²) in [4.78, 5) is 9.05. The molecule has 0 amide bonds. The van der Waals surface area contributed by atoms with Gasteiger partial charge in [-0.1, -0.05) is 12.7 Å². The van der Waals surface area contributed by atoms with Crippen LogP contribution in [0, 0.1) is 0 Å². The van der Waals surface area contributed by atoms with Gasteiger partial charge >= 0.3 is 0 Å². The van der Waals surface area contributed by atoms with E-state index in [-0.39, 0.29) is 0 Å². The second-order valence-electron chi connectivity index (χ2n) is 5.73. The zero-order valence-corrected chi connectivity index (χ0v) is 15.5. The molecule has 0 unspecified atom stereocenters. The number of nitrogens with two attached hydrogens (primary N) is 1. The van der Waals surface area contributed by atoms with Crippen LogP contribution in [0.15, 0.2) is 49.0 Å². The van der Waals surface area contributed by atoms with E-state index in [1.54, 1.807) is 33.5 Å². The van der Waals surface area contributed by atoms with Crippen molar-refractivity contribution < 1.29 is 14.2 Å². The zero-order valence-electron chi connectivity index (χ0n) is 15.5. The Morgan fingerprint density at radius 1 is 0.889 bits per heavy atom. The third-order valence-electron chi connectivity index (χ3n) is 4.15. The molecule has 6 nitrogen and oxygen atoms in total. The Hall–Kier alpha value is -3.54. The van der Waals surface area contributed by atoms with Crippen LogP contribution in [-0.4, -0.2) is 31.3 Å². The van der Waals surface area contributed by atoms with E-state index in [9.17, 15) is 0 Å². The summed E-state index contributed by atoms with van der Waals surface area (Å²) in [5.74, 6) is 2.87. The van der Waals surface area contributed by atoms with Crippen LogP contribution in [0.5, 0.6) is 17.2 Å². The highest BCUT2D eigenvalue weighted by Crippen LogP contribution is 2.36. The van der Waals surface area contributed by atoms with Crippen LogP contribution >= 0.6 is 0 Å². The molecule has 0 aliphatic rings. The van der Waals surface area contributed by atoms with Crippen LogP contribution in [0.1, 0.15) is 5.56 Å². The standard InChI is InChI=1S/C21H21N3O3/c1-5-13-10-18(26-3)19(27-4)11-16(13)17-12-20(22)24-21(23-17)14-6-8-15(25-2)9-7-14/h5-12H,1H2,2-4H3,(H2,22,23,24). The minimum Gasteiger partial charge on any atom is -0.497 e. The molecule has 138 valence electrons. The van der Waals surface area contributed by atoms with E-state index < -0.39 is 0 Å². The number of hydrogen-bond acceptors (Lipinski definition) is 6. The van der Waals surface area contributed by atoms with Gasteiger partial charge in [0.2, 0.25) is 0 Å². The Morgan fingerprint density at radius 2 is 1.56 bits per heavy atom. The topological polar surface area (TPSA) is 79.5 Å². The zero-order chi connectivity index (χ0) is 19.4. The average molecular weight is 363 g/mol. The van der Waals surface area contributed by atoms with Crippen molar-refractivity contribution in [2.24, 2.45) is 0 Å². The Balaban J connectivity index is 2.14. The highest BCUT2D eigenvalue weighted by molar-refractivity contribution is 5.78. The number of rotatable bonds is 6. The van der Waals surface area contributed by atoms with Gasteiger partial charge in [0.05, 0.1) is 27.0 Å². The molecule has 0 fully saturated rings. The van der Waals surface area contributed by atoms with Gasteiger partial charge in [-0.3, -0.25) is 0 Å². The first-order valence-corrected chi connectivity index (χ1v) is 8.27. The van der Waals surface area contributed by atoms with E-state index >= 15 is 0 Å². The molecule has 0 spiro atoms. The van der Waals surface area contributed by atoms with Crippen molar-refractivity contribution in [1.29, 1.82) is 0 Å². The highest BCUT2D eigenvalue weighted by Gasteiger charge is 2.14. The van der Waals surface area contributed by atoms with Crippen LogP contribution in [0.3, 0.4) is 0 Å². The van der Waals surface area contributed by atoms with Gasteiger partial charge in [-0.05, 0) is 42.0 Å². The number of aromatic nitrogens is 2. The summed E-state index contributed by atoms with van der Waals surface area (Å²) in [5.41, 5.74) is 9.24. The van der Waals surface area contributed by atoms with E-state index in [0.29, 0.717) is 28.8 Å². The summed E-state index contributed by atoms with van der Waals surface area (Å²) in [5, 5.41) is 0. The molecule has 3 rings (SSSR count). The Kier molecular flexibility index (Phi) is 5.26. The molecule has 0 radical (unpaired) electrons. The van der Waals surface area contributed by atoms with Crippen molar-refractivity contribution in [3.8, 4) is 39.9 Å². The lowest BCUT2D eigenvalue weighted by Gasteiger charge is -2.14. The predicted molar refractivity (Wildman–Crippen MR) is 107 cm³/mol. The van der Waals surface area contributed by atoms with Gasteiger partial charge in [-0.15, -0.1) is 0 Å². The molecule has 27 heavy (non-hydrogen) atoms. The first kappa shape index (κ1) is 18.3. The van der Waals surface area contributed by atoms with Gasteiger partial charge in [0.25, 0.3) is 0 Å². The maximum Gasteiger partial charge on any atom is 0.162 e. The molecule has 2 aromatic carbocycles. The minimum absolute atomic E-state index is 0.371. The van der Waals surface area contributed by atoms with Gasteiger partial charge in [-0.25, -0.2) is 9.97 Å². The van der Waals surface area contributed by atoms with Crippen molar-refractivity contribution in [1.82, 2.24) is 9.97 Å². The third kappa shape index (κ3) is 3.69. The molecular formula is C21H21N3O3. The van der Waals surface area contributed by atoms with Gasteiger partial charge in [-0.2, -0.15) is 0 Å². The second-order valence-corrected chi connectivity index (χ2v) is 5.73. The number of nitrogens with zero attached hydrogens (tertiary/aromatic N) is 2. The van der Waals surface area contributed by atoms with Gasteiger partial charge < -0.3 is 19.9 Å². The minimum atomic E-state index is 0.371. The number of methoxy groups -OCH3 is 3. The van der Waals surface area contributed by atoms with Crippen molar-refractivity contribution >= 4 is 11.9 Å². The largest absolute Gasteiger partial charge is 0.497 e. The Morgan fingerprint density at radius 3 is 2.15 bits per heavy atom. The van der Waals surface area contributed by atoms with Crippen LogP contribution in [0.2, 0.25) is 0 Å². The van der Waals surface area contributed by atoms with E-state index in [4.69, 9.17) is 24.9 Å². The van der Waals surface area contributed by atoms with Crippen molar-refractivity contribution in [3.05, 3.63) is 54.6 Å². The fourth-order valence-corrected chi connectivity index (χ4v) is 2.76. The lowest BCUT2D eigenvalue weighted by atomic mass is 10.0. The maximum atomic E-state index is 6.05. The van der Waals surface area contributed by atoms with Crippen LogP contribution < -0.4 is 19.9 Å². The summed E-state index contributed by atoms with van der Waals surface area (Å²) in [7, 11) is 4.80. The molecule has 0 atom stereocenters. The summed E-state index contributed by atoms with van der Waals surface area (Å²) < 4.78 is 16.0. The number of ether oxygens (including phenoxy) is 3. The first-order chi connectivity index (χ1) is 13.1. The van der Waals surface area contributed by atoms with Gasteiger partial charge in [0.1, 0.15) is 11.6 Å². The van der Waals surface area contributed by atoms with Crippen molar-refractivity contribution in [3.63, 3.8) is 0 Å². The van der Waals surface area contributed by atoms with E-state index in [1.807, 2.05) is 36.4 Å². The van der Waals surface area contributed by atoms with Crippen molar-refractivity contribution in [2.75, 3.05) is 27.1 Å². The molecule has 2 N–H and O–H groups in total. The number of nitrogen functional groups attached to an aromatic ring is 1. The number of benzene rings is 2. The molecule has 3 aromatic rings. The molecule has 0 saturated heterocycles. The third-order valence-corrected chi connectivity index (χ3v) is 4.15. The van der Waals surface area contributed by atoms with E-state index in [0.717, 1.165) is 22.4 Å². The number of anilines is 1. The van der Waals surface area contributed by atoms with Gasteiger partial charge in [0, 0.05) is 17.2 Å². The normalized spacial score (nSPS) is 10.3. The molecule has 0 bridgehead atoms. The molecule has 1 heterocycles. The van der Waals surface area contributed by atoms with Gasteiger partial charge in [0.15, 0.2) is 17.3 Å². The molecule has 0 saturated carbocycles. The van der Waals surface area contributed by atoms with E-state index in [2.05, 4.69) is 11.6 Å². The SMILES string of the molecule is C=Cc1cc(OC)c(OC)cc1-c1cc(N)nc(-c2ccc(OC)cc2)n1. The number of hydrogen-bond donors (Lipinski definition) is 1. The monoisotopic (exact) mass is 363 g/mol. The molecule has 6 heteroatoms. The summed E-state index contributed by atoms with van der Waals surface area (Å²) in [6.45, 7) is 3.89. The summed E-state index contributed by atoms with van der Waals surface area (Å²) in [6.07, 6.45) is 1.74. The summed E-state index contributed by atoms with van der Waals surface area (Å²) in [6, 6.07) is 12.9.